The van der Waals surface area contributed by atoms with Crippen molar-refractivity contribution in [3.8, 4) is 0 Å². The zero-order chi connectivity index (χ0) is 15.0. The van der Waals surface area contributed by atoms with Crippen LogP contribution >= 0.6 is 0 Å². The first-order chi connectivity index (χ1) is 9.49. The number of aliphatic hydroxyl groups is 1. The number of hydrogen-bond acceptors (Lipinski definition) is 3. The molecule has 3 N–H and O–H groups in total. The molecule has 0 aromatic heterocycles. The Morgan fingerprint density at radius 2 is 1.75 bits per heavy atom. The zero-order valence-corrected chi connectivity index (χ0v) is 12.1. The number of anilines is 1. The molecule has 0 aliphatic rings. The van der Waals surface area contributed by atoms with Crippen molar-refractivity contribution in [3.63, 3.8) is 0 Å². The van der Waals surface area contributed by atoms with E-state index in [1.54, 1.807) is 0 Å². The van der Waals surface area contributed by atoms with E-state index in [0.29, 0.717) is 18.5 Å². The van der Waals surface area contributed by atoms with Crippen LogP contribution < -0.4 is 10.9 Å². The van der Waals surface area contributed by atoms with Gasteiger partial charge in [0.2, 0.25) is 5.91 Å². The normalized spacial score (nSPS) is 11.2. The Bertz CT molecular complexity index is 414. The van der Waals surface area contributed by atoms with Crippen LogP contribution in [0.3, 0.4) is 0 Å². The summed E-state index contributed by atoms with van der Waals surface area (Å²) in [6.07, 6.45) is 2.92. The molecule has 4 nitrogen and oxygen atoms in total. The van der Waals surface area contributed by atoms with Gasteiger partial charge in [-0.3, -0.25) is 15.6 Å². The third kappa shape index (κ3) is 5.57. The van der Waals surface area contributed by atoms with Crippen LogP contribution in [0.1, 0.15) is 46.0 Å². The molecule has 1 aromatic carbocycles. The standard InChI is InChI=1S/C15H23FN2O2/c1-3-9-15(20,10-4-2)11-14(19)18-17-13-7-5-12(16)6-8-13/h5-8,17,20H,3-4,9-11H2,1-2H3,(H,18,19). The molecule has 1 amide bonds. The van der Waals surface area contributed by atoms with Crippen molar-refractivity contribution in [1.29, 1.82) is 0 Å². The van der Waals surface area contributed by atoms with E-state index in [1.807, 2.05) is 13.8 Å². The van der Waals surface area contributed by atoms with Crippen molar-refractivity contribution >= 4 is 11.6 Å². The van der Waals surface area contributed by atoms with Gasteiger partial charge >= 0.3 is 0 Å². The number of hydrazine groups is 1. The van der Waals surface area contributed by atoms with E-state index in [0.717, 1.165) is 12.8 Å². The second-order valence-corrected chi connectivity index (χ2v) is 5.08. The first-order valence-electron chi connectivity index (χ1n) is 7.02. The Kier molecular flexibility index (Phi) is 6.45. The second kappa shape index (κ2) is 7.85. The van der Waals surface area contributed by atoms with Crippen LogP contribution in [0.4, 0.5) is 10.1 Å². The molecule has 0 aliphatic carbocycles. The number of benzene rings is 1. The molecule has 0 aliphatic heterocycles. The molecule has 0 saturated carbocycles. The highest BCUT2D eigenvalue weighted by molar-refractivity contribution is 5.78. The summed E-state index contributed by atoms with van der Waals surface area (Å²) in [5.41, 5.74) is 4.87. The van der Waals surface area contributed by atoms with Gasteiger partial charge in [-0.05, 0) is 37.1 Å². The molecule has 0 heterocycles. The van der Waals surface area contributed by atoms with Crippen LogP contribution in [0.15, 0.2) is 24.3 Å². The Balaban J connectivity index is 2.47. The smallest absolute Gasteiger partial charge is 0.241 e. The molecule has 0 atom stereocenters. The van der Waals surface area contributed by atoms with Gasteiger partial charge in [-0.2, -0.15) is 0 Å². The van der Waals surface area contributed by atoms with E-state index in [2.05, 4.69) is 10.9 Å². The highest BCUT2D eigenvalue weighted by atomic mass is 19.1. The third-order valence-corrected chi connectivity index (χ3v) is 3.11. The molecule has 5 heteroatoms. The minimum absolute atomic E-state index is 0.0584. The number of halogens is 1. The maximum absolute atomic E-state index is 12.7. The lowest BCUT2D eigenvalue weighted by atomic mass is 9.89. The van der Waals surface area contributed by atoms with Crippen molar-refractivity contribution in [1.82, 2.24) is 5.43 Å². The number of carbonyl (C=O) groups excluding carboxylic acids is 1. The summed E-state index contributed by atoms with van der Waals surface area (Å²) in [4.78, 5) is 11.8. The number of rotatable bonds is 8. The number of hydrogen-bond donors (Lipinski definition) is 3. The van der Waals surface area contributed by atoms with Gasteiger partial charge in [0, 0.05) is 0 Å². The van der Waals surface area contributed by atoms with E-state index in [4.69, 9.17) is 0 Å². The molecule has 0 unspecified atom stereocenters. The Morgan fingerprint density at radius 1 is 1.20 bits per heavy atom. The first kappa shape index (κ1) is 16.4. The quantitative estimate of drug-likeness (QED) is 0.642. The summed E-state index contributed by atoms with van der Waals surface area (Å²) >= 11 is 0. The van der Waals surface area contributed by atoms with Gasteiger partial charge in [0.15, 0.2) is 0 Å². The van der Waals surface area contributed by atoms with E-state index < -0.39 is 5.60 Å². The molecule has 0 fully saturated rings. The van der Waals surface area contributed by atoms with E-state index in [-0.39, 0.29) is 18.1 Å². The lowest BCUT2D eigenvalue weighted by molar-refractivity contribution is -0.126. The average molecular weight is 282 g/mol. The molecular formula is C15H23FN2O2. The topological polar surface area (TPSA) is 61.4 Å². The summed E-state index contributed by atoms with van der Waals surface area (Å²) < 4.78 is 12.7. The summed E-state index contributed by atoms with van der Waals surface area (Å²) in [6, 6.07) is 5.66. The molecule has 0 saturated heterocycles. The minimum Gasteiger partial charge on any atom is -0.389 e. The molecule has 1 aromatic rings. The van der Waals surface area contributed by atoms with Gasteiger partial charge in [-0.15, -0.1) is 0 Å². The van der Waals surface area contributed by atoms with Gasteiger partial charge in [-0.25, -0.2) is 4.39 Å². The molecule has 0 radical (unpaired) electrons. The van der Waals surface area contributed by atoms with Gasteiger partial charge in [0.1, 0.15) is 5.82 Å². The average Bonchev–Trinajstić information content (AvgIpc) is 2.38. The van der Waals surface area contributed by atoms with E-state index >= 15 is 0 Å². The summed E-state index contributed by atoms with van der Waals surface area (Å²) in [7, 11) is 0. The van der Waals surface area contributed by atoms with Crippen LogP contribution in [0.25, 0.3) is 0 Å². The fourth-order valence-electron chi connectivity index (χ4n) is 2.25. The highest BCUT2D eigenvalue weighted by Crippen LogP contribution is 2.23. The van der Waals surface area contributed by atoms with Crippen LogP contribution in [0.5, 0.6) is 0 Å². The lowest BCUT2D eigenvalue weighted by Crippen LogP contribution is -2.38. The molecule has 0 bridgehead atoms. The van der Waals surface area contributed by atoms with Gasteiger partial charge < -0.3 is 5.11 Å². The SMILES string of the molecule is CCCC(O)(CCC)CC(=O)NNc1ccc(F)cc1. The Morgan fingerprint density at radius 3 is 2.25 bits per heavy atom. The molecule has 1 rings (SSSR count). The van der Waals surface area contributed by atoms with Crippen molar-refractivity contribution in [2.75, 3.05) is 5.43 Å². The highest BCUT2D eigenvalue weighted by Gasteiger charge is 2.28. The van der Waals surface area contributed by atoms with Gasteiger partial charge in [0.25, 0.3) is 0 Å². The van der Waals surface area contributed by atoms with Crippen LogP contribution in [-0.4, -0.2) is 16.6 Å². The zero-order valence-electron chi connectivity index (χ0n) is 12.1. The lowest BCUT2D eigenvalue weighted by Gasteiger charge is -2.26. The maximum Gasteiger partial charge on any atom is 0.241 e. The fourth-order valence-corrected chi connectivity index (χ4v) is 2.25. The van der Waals surface area contributed by atoms with Gasteiger partial charge in [0.05, 0.1) is 17.7 Å². The van der Waals surface area contributed by atoms with Crippen molar-refractivity contribution < 1.29 is 14.3 Å². The van der Waals surface area contributed by atoms with E-state index in [9.17, 15) is 14.3 Å². The minimum atomic E-state index is -0.946. The second-order valence-electron chi connectivity index (χ2n) is 5.08. The summed E-state index contributed by atoms with van der Waals surface area (Å²) in [6.45, 7) is 3.96. The van der Waals surface area contributed by atoms with Crippen LogP contribution in [0.2, 0.25) is 0 Å². The van der Waals surface area contributed by atoms with Crippen LogP contribution in [-0.2, 0) is 4.79 Å². The van der Waals surface area contributed by atoms with Crippen molar-refractivity contribution in [2.45, 2.75) is 51.6 Å². The number of amides is 1. The van der Waals surface area contributed by atoms with Gasteiger partial charge in [-0.1, -0.05) is 26.7 Å². The van der Waals surface area contributed by atoms with E-state index in [1.165, 1.54) is 24.3 Å². The predicted molar refractivity (Wildman–Crippen MR) is 77.5 cm³/mol. The molecule has 0 spiro atoms. The Hall–Kier alpha value is -1.62. The Labute approximate surface area is 119 Å². The van der Waals surface area contributed by atoms with Crippen LogP contribution in [0, 0.1) is 5.82 Å². The monoisotopic (exact) mass is 282 g/mol. The first-order valence-corrected chi connectivity index (χ1v) is 7.02. The summed E-state index contributed by atoms with van der Waals surface area (Å²) in [5.74, 6) is -0.610. The molecular weight excluding hydrogens is 259 g/mol. The number of nitrogens with one attached hydrogen (secondary N) is 2. The largest absolute Gasteiger partial charge is 0.389 e. The predicted octanol–water partition coefficient (Wildman–Crippen LogP) is 2.99. The molecule has 20 heavy (non-hydrogen) atoms. The fraction of sp³-hybridized carbons (Fsp3) is 0.533. The van der Waals surface area contributed by atoms with Crippen molar-refractivity contribution in [2.24, 2.45) is 0 Å². The summed E-state index contributed by atoms with van der Waals surface area (Å²) in [5, 5.41) is 10.4. The number of carbonyl (C=O) groups is 1. The van der Waals surface area contributed by atoms with Crippen molar-refractivity contribution in [3.05, 3.63) is 30.1 Å². The molecule has 112 valence electrons. The maximum atomic E-state index is 12.7. The third-order valence-electron chi connectivity index (χ3n) is 3.11.